The average Bonchev–Trinajstić information content (AvgIpc) is 2.18. The van der Waals surface area contributed by atoms with Gasteiger partial charge in [-0.15, -0.1) is 0 Å². The van der Waals surface area contributed by atoms with Crippen molar-refractivity contribution < 1.29 is 8.42 Å². The lowest BCUT2D eigenvalue weighted by Crippen LogP contribution is -2.18. The molecule has 0 radical (unpaired) electrons. The average molecular weight is 200 g/mol. The van der Waals surface area contributed by atoms with Crippen molar-refractivity contribution in [3.8, 4) is 0 Å². The first-order valence-electron chi connectivity index (χ1n) is 3.81. The van der Waals surface area contributed by atoms with Crippen LogP contribution in [0.25, 0.3) is 0 Å². The van der Waals surface area contributed by atoms with Crippen molar-refractivity contribution in [3.05, 3.63) is 24.3 Å². The minimum atomic E-state index is -3.32. The minimum Gasteiger partial charge on any atom is -0.388 e. The molecule has 0 aliphatic carbocycles. The fourth-order valence-corrected chi connectivity index (χ4v) is 1.71. The number of benzene rings is 1. The van der Waals surface area contributed by atoms with Crippen molar-refractivity contribution in [2.75, 3.05) is 19.4 Å². The van der Waals surface area contributed by atoms with Gasteiger partial charge < -0.3 is 5.32 Å². The zero-order valence-corrected chi connectivity index (χ0v) is 8.35. The smallest absolute Gasteiger partial charge is 0.240 e. The van der Waals surface area contributed by atoms with Crippen LogP contribution in [0.4, 0.5) is 5.69 Å². The maximum atomic E-state index is 11.3. The molecule has 0 spiro atoms. The summed E-state index contributed by atoms with van der Waals surface area (Å²) in [6.45, 7) is 0. The monoisotopic (exact) mass is 200 g/mol. The van der Waals surface area contributed by atoms with Crippen LogP contribution in [-0.4, -0.2) is 22.5 Å². The fraction of sp³-hybridized carbons (Fsp3) is 0.250. The normalized spacial score (nSPS) is 11.2. The number of anilines is 1. The molecule has 0 bridgehead atoms. The number of nitrogens with one attached hydrogen (secondary N) is 2. The van der Waals surface area contributed by atoms with Crippen molar-refractivity contribution in [1.82, 2.24) is 4.72 Å². The Labute approximate surface area is 78.0 Å². The molecular formula is C8H12N2O2S. The van der Waals surface area contributed by atoms with E-state index in [0.29, 0.717) is 0 Å². The van der Waals surface area contributed by atoms with E-state index in [4.69, 9.17) is 0 Å². The molecule has 13 heavy (non-hydrogen) atoms. The molecule has 0 unspecified atom stereocenters. The summed E-state index contributed by atoms with van der Waals surface area (Å²) in [4.78, 5) is 0.266. The molecule has 2 N–H and O–H groups in total. The van der Waals surface area contributed by atoms with Crippen molar-refractivity contribution >= 4 is 15.7 Å². The van der Waals surface area contributed by atoms with Crippen molar-refractivity contribution in [2.45, 2.75) is 4.90 Å². The summed E-state index contributed by atoms with van der Waals surface area (Å²) in [6.07, 6.45) is 0. The van der Waals surface area contributed by atoms with Crippen molar-refractivity contribution in [3.63, 3.8) is 0 Å². The third kappa shape index (κ3) is 2.19. The molecule has 0 aliphatic heterocycles. The van der Waals surface area contributed by atoms with Crippen LogP contribution < -0.4 is 10.0 Å². The first kappa shape index (κ1) is 10.0. The number of hydrogen-bond acceptors (Lipinski definition) is 3. The van der Waals surface area contributed by atoms with Gasteiger partial charge >= 0.3 is 0 Å². The molecular weight excluding hydrogens is 188 g/mol. The van der Waals surface area contributed by atoms with Gasteiger partial charge in [0.25, 0.3) is 0 Å². The van der Waals surface area contributed by atoms with E-state index in [2.05, 4.69) is 10.0 Å². The van der Waals surface area contributed by atoms with Crippen LogP contribution in [0.5, 0.6) is 0 Å². The van der Waals surface area contributed by atoms with Gasteiger partial charge in [0.15, 0.2) is 0 Å². The number of rotatable bonds is 3. The minimum absolute atomic E-state index is 0.266. The van der Waals surface area contributed by atoms with Crippen LogP contribution in [0.1, 0.15) is 0 Å². The summed E-state index contributed by atoms with van der Waals surface area (Å²) < 4.78 is 24.9. The van der Waals surface area contributed by atoms with Gasteiger partial charge in [-0.3, -0.25) is 0 Å². The lowest BCUT2D eigenvalue weighted by atomic mass is 10.3. The SMILES string of the molecule is CNc1cccc(S(=O)(=O)NC)c1. The molecule has 1 rings (SSSR count). The summed E-state index contributed by atoms with van der Waals surface area (Å²) >= 11 is 0. The van der Waals surface area contributed by atoms with E-state index in [9.17, 15) is 8.42 Å². The summed E-state index contributed by atoms with van der Waals surface area (Å²) in [7, 11) is -0.189. The van der Waals surface area contributed by atoms with E-state index in [-0.39, 0.29) is 4.90 Å². The van der Waals surface area contributed by atoms with E-state index < -0.39 is 10.0 Å². The lowest BCUT2D eigenvalue weighted by molar-refractivity contribution is 0.588. The summed E-state index contributed by atoms with van der Waals surface area (Å²) in [5.41, 5.74) is 0.774. The Kier molecular flexibility index (Phi) is 2.90. The van der Waals surface area contributed by atoms with Crippen LogP contribution >= 0.6 is 0 Å². The molecule has 5 heteroatoms. The molecule has 1 aromatic carbocycles. The molecule has 4 nitrogen and oxygen atoms in total. The molecule has 72 valence electrons. The Morgan fingerprint density at radius 3 is 2.46 bits per heavy atom. The zero-order chi connectivity index (χ0) is 9.90. The van der Waals surface area contributed by atoms with Gasteiger partial charge in [0.05, 0.1) is 4.90 Å². The van der Waals surface area contributed by atoms with Crippen molar-refractivity contribution in [2.24, 2.45) is 0 Å². The lowest BCUT2D eigenvalue weighted by Gasteiger charge is -2.04. The van der Waals surface area contributed by atoms with E-state index in [1.54, 1.807) is 31.3 Å². The highest BCUT2D eigenvalue weighted by molar-refractivity contribution is 7.89. The van der Waals surface area contributed by atoms with Gasteiger partial charge in [-0.2, -0.15) is 0 Å². The predicted octanol–water partition coefficient (Wildman–Crippen LogP) is 0.636. The Hall–Kier alpha value is -1.07. The van der Waals surface area contributed by atoms with Crippen molar-refractivity contribution in [1.29, 1.82) is 0 Å². The summed E-state index contributed by atoms with van der Waals surface area (Å²) in [5, 5.41) is 2.87. The second-order valence-corrected chi connectivity index (χ2v) is 4.37. The van der Waals surface area contributed by atoms with E-state index in [0.717, 1.165) is 5.69 Å². The maximum Gasteiger partial charge on any atom is 0.240 e. The van der Waals surface area contributed by atoms with Crippen LogP contribution in [-0.2, 0) is 10.0 Å². The summed E-state index contributed by atoms with van der Waals surface area (Å²) in [5.74, 6) is 0. The Balaban J connectivity index is 3.17. The first-order chi connectivity index (χ1) is 6.10. The molecule has 0 saturated carbocycles. The van der Waals surface area contributed by atoms with Gasteiger partial charge in [0.2, 0.25) is 10.0 Å². The van der Waals surface area contributed by atoms with Gasteiger partial charge in [0, 0.05) is 12.7 Å². The van der Waals surface area contributed by atoms with E-state index >= 15 is 0 Å². The van der Waals surface area contributed by atoms with Crippen LogP contribution in [0.3, 0.4) is 0 Å². The summed E-state index contributed by atoms with van der Waals surface area (Å²) in [6, 6.07) is 6.61. The highest BCUT2D eigenvalue weighted by Gasteiger charge is 2.10. The quantitative estimate of drug-likeness (QED) is 0.752. The van der Waals surface area contributed by atoms with Gasteiger partial charge in [0.1, 0.15) is 0 Å². The third-order valence-electron chi connectivity index (χ3n) is 1.70. The van der Waals surface area contributed by atoms with Crippen LogP contribution in [0.2, 0.25) is 0 Å². The standard InChI is InChI=1S/C8H12N2O2S/c1-9-7-4-3-5-8(6-7)13(11,12)10-2/h3-6,9-10H,1-2H3. The number of sulfonamides is 1. The van der Waals surface area contributed by atoms with Gasteiger partial charge in [-0.05, 0) is 25.2 Å². The maximum absolute atomic E-state index is 11.3. The Morgan fingerprint density at radius 1 is 1.23 bits per heavy atom. The van der Waals surface area contributed by atoms with Crippen LogP contribution in [0, 0.1) is 0 Å². The topological polar surface area (TPSA) is 58.2 Å². The molecule has 0 atom stereocenters. The molecule has 0 aromatic heterocycles. The highest BCUT2D eigenvalue weighted by atomic mass is 32.2. The zero-order valence-electron chi connectivity index (χ0n) is 7.53. The molecule has 0 aliphatic rings. The van der Waals surface area contributed by atoms with E-state index in [1.165, 1.54) is 7.05 Å². The first-order valence-corrected chi connectivity index (χ1v) is 5.30. The second-order valence-electron chi connectivity index (χ2n) is 2.49. The largest absolute Gasteiger partial charge is 0.388 e. The number of hydrogen-bond donors (Lipinski definition) is 2. The highest BCUT2D eigenvalue weighted by Crippen LogP contribution is 2.13. The van der Waals surface area contributed by atoms with Crippen LogP contribution in [0.15, 0.2) is 29.2 Å². The van der Waals surface area contributed by atoms with Gasteiger partial charge in [-0.1, -0.05) is 6.07 Å². The second kappa shape index (κ2) is 3.76. The predicted molar refractivity (Wildman–Crippen MR) is 52.2 cm³/mol. The molecule has 0 saturated heterocycles. The Morgan fingerprint density at radius 2 is 1.92 bits per heavy atom. The molecule has 1 aromatic rings. The Bertz CT molecular complexity index is 387. The van der Waals surface area contributed by atoms with Gasteiger partial charge in [-0.25, -0.2) is 13.1 Å². The molecule has 0 fully saturated rings. The molecule has 0 amide bonds. The fourth-order valence-electron chi connectivity index (χ4n) is 0.937. The van der Waals surface area contributed by atoms with E-state index in [1.807, 2.05) is 0 Å². The third-order valence-corrected chi connectivity index (χ3v) is 3.11. The molecule has 0 heterocycles.